The fraction of sp³-hybridized carbons (Fsp3) is 0.600. The molecule has 0 aromatic carbocycles. The summed E-state index contributed by atoms with van der Waals surface area (Å²) in [4.78, 5) is 37.8. The van der Waals surface area contributed by atoms with Gasteiger partial charge in [0.1, 0.15) is 5.69 Å². The molecule has 0 aliphatic carbocycles. The van der Waals surface area contributed by atoms with Crippen LogP contribution in [0.15, 0.2) is 12.4 Å². The van der Waals surface area contributed by atoms with Crippen molar-refractivity contribution in [2.75, 3.05) is 38.7 Å². The summed E-state index contributed by atoms with van der Waals surface area (Å²) in [5, 5.41) is 0. The smallest absolute Gasteiger partial charge is 0.319 e. The Kier molecular flexibility index (Phi) is 4.40. The quantitative estimate of drug-likeness (QED) is 0.656. The molecular weight excluding hydrogens is 346 g/mol. The summed E-state index contributed by atoms with van der Waals surface area (Å²) < 4.78 is 24.3. The number of aryl methyl sites for hydroxylation is 1. The van der Waals surface area contributed by atoms with E-state index >= 15 is 0 Å². The summed E-state index contributed by atoms with van der Waals surface area (Å²) in [5.41, 5.74) is 0.875. The molecule has 3 heterocycles. The predicted molar refractivity (Wildman–Crippen MR) is 89.8 cm³/mol. The lowest BCUT2D eigenvalue weighted by Gasteiger charge is -2.44. The maximum atomic E-state index is 12.8. The van der Waals surface area contributed by atoms with Gasteiger partial charge in [-0.3, -0.25) is 9.78 Å². The van der Waals surface area contributed by atoms with Crippen molar-refractivity contribution >= 4 is 21.8 Å². The van der Waals surface area contributed by atoms with Gasteiger partial charge in [-0.1, -0.05) is 0 Å². The molecule has 2 atom stereocenters. The first kappa shape index (κ1) is 17.6. The SMILES string of the molecule is Cc1cnc(C(=O)N2CCN(C(=O)N(C)C)[C@H]3CS(=O)(=O)C[C@H]32)cn1. The fourth-order valence-corrected chi connectivity index (χ4v) is 5.33. The minimum atomic E-state index is -3.32. The van der Waals surface area contributed by atoms with Gasteiger partial charge in [0.05, 0.1) is 35.5 Å². The Hall–Kier alpha value is -2.23. The highest BCUT2D eigenvalue weighted by Gasteiger charge is 2.50. The lowest BCUT2D eigenvalue weighted by Crippen LogP contribution is -2.63. The van der Waals surface area contributed by atoms with Crippen LogP contribution in [0.3, 0.4) is 0 Å². The van der Waals surface area contributed by atoms with Crippen molar-refractivity contribution in [2.24, 2.45) is 0 Å². The van der Waals surface area contributed by atoms with E-state index in [0.29, 0.717) is 12.2 Å². The van der Waals surface area contributed by atoms with E-state index in [1.807, 2.05) is 0 Å². The predicted octanol–water partition coefficient (Wildman–Crippen LogP) is -0.610. The summed E-state index contributed by atoms with van der Waals surface area (Å²) >= 11 is 0. The third kappa shape index (κ3) is 3.30. The van der Waals surface area contributed by atoms with Crippen LogP contribution in [-0.4, -0.2) is 95.8 Å². The van der Waals surface area contributed by atoms with E-state index in [9.17, 15) is 18.0 Å². The zero-order chi connectivity index (χ0) is 18.4. The molecule has 0 N–H and O–H groups in total. The number of fused-ring (bicyclic) bond motifs is 1. The van der Waals surface area contributed by atoms with E-state index in [0.717, 1.165) is 0 Å². The van der Waals surface area contributed by atoms with Crippen molar-refractivity contribution in [3.63, 3.8) is 0 Å². The highest BCUT2D eigenvalue weighted by Crippen LogP contribution is 2.28. The average molecular weight is 367 g/mol. The number of hydrogen-bond acceptors (Lipinski definition) is 6. The number of rotatable bonds is 1. The summed E-state index contributed by atoms with van der Waals surface area (Å²) in [6.07, 6.45) is 2.90. The fourth-order valence-electron chi connectivity index (χ4n) is 3.35. The van der Waals surface area contributed by atoms with Crippen LogP contribution >= 0.6 is 0 Å². The molecule has 0 bridgehead atoms. The summed E-state index contributed by atoms with van der Waals surface area (Å²) in [7, 11) is -0.0682. The minimum Gasteiger partial charge on any atom is -0.331 e. The molecule has 2 fully saturated rings. The average Bonchev–Trinajstić information content (AvgIpc) is 2.88. The lowest BCUT2D eigenvalue weighted by atomic mass is 10.0. The van der Waals surface area contributed by atoms with Crippen molar-refractivity contribution < 1.29 is 18.0 Å². The summed E-state index contributed by atoms with van der Waals surface area (Å²) in [6, 6.07) is -1.33. The molecule has 0 saturated carbocycles. The number of carbonyl (C=O) groups excluding carboxylic acids is 2. The number of urea groups is 1. The van der Waals surface area contributed by atoms with Crippen LogP contribution in [0.4, 0.5) is 4.79 Å². The summed E-state index contributed by atoms with van der Waals surface area (Å²) in [5.74, 6) is -0.614. The molecule has 0 spiro atoms. The highest BCUT2D eigenvalue weighted by molar-refractivity contribution is 7.91. The molecule has 3 rings (SSSR count). The number of carbonyl (C=O) groups is 2. The number of piperazine rings is 1. The standard InChI is InChI=1S/C15H21N5O4S/c1-10-6-17-11(7-16-10)14(21)19-4-5-20(15(22)18(2)3)13-9-25(23,24)8-12(13)19/h6-7,12-13H,4-5,8-9H2,1-3H3/t12-,13+/m1/s1. The molecule has 2 aliphatic heterocycles. The Morgan fingerprint density at radius 2 is 1.68 bits per heavy atom. The van der Waals surface area contributed by atoms with Crippen molar-refractivity contribution in [3.05, 3.63) is 23.8 Å². The topological polar surface area (TPSA) is 104 Å². The van der Waals surface area contributed by atoms with E-state index in [1.54, 1.807) is 25.9 Å². The van der Waals surface area contributed by atoms with Crippen LogP contribution in [0.1, 0.15) is 16.2 Å². The van der Waals surface area contributed by atoms with Crippen LogP contribution < -0.4 is 0 Å². The minimum absolute atomic E-state index is 0.124. The molecule has 2 aliphatic rings. The molecule has 25 heavy (non-hydrogen) atoms. The summed E-state index contributed by atoms with van der Waals surface area (Å²) in [6.45, 7) is 2.33. The van der Waals surface area contributed by atoms with E-state index in [2.05, 4.69) is 9.97 Å². The Labute approximate surface area is 146 Å². The monoisotopic (exact) mass is 367 g/mol. The number of hydrogen-bond donors (Lipinski definition) is 0. The number of sulfone groups is 1. The molecule has 10 heteroatoms. The van der Waals surface area contributed by atoms with Gasteiger partial charge in [0.25, 0.3) is 5.91 Å². The van der Waals surface area contributed by atoms with Gasteiger partial charge in [-0.15, -0.1) is 0 Å². The number of aromatic nitrogens is 2. The molecular formula is C15H21N5O4S. The van der Waals surface area contributed by atoms with Gasteiger partial charge in [-0.05, 0) is 6.92 Å². The third-order valence-electron chi connectivity index (χ3n) is 4.57. The zero-order valence-corrected chi connectivity index (χ0v) is 15.2. The largest absolute Gasteiger partial charge is 0.331 e. The van der Waals surface area contributed by atoms with Crippen LogP contribution in [0.5, 0.6) is 0 Å². The van der Waals surface area contributed by atoms with Crippen LogP contribution in [0.2, 0.25) is 0 Å². The zero-order valence-electron chi connectivity index (χ0n) is 14.4. The van der Waals surface area contributed by atoms with Gasteiger partial charge in [0.2, 0.25) is 0 Å². The van der Waals surface area contributed by atoms with Crippen molar-refractivity contribution in [2.45, 2.75) is 19.0 Å². The second-order valence-electron chi connectivity index (χ2n) is 6.62. The normalized spacial score (nSPS) is 24.8. The first-order chi connectivity index (χ1) is 11.7. The van der Waals surface area contributed by atoms with Gasteiger partial charge in [0, 0.05) is 33.4 Å². The molecule has 0 unspecified atom stereocenters. The second-order valence-corrected chi connectivity index (χ2v) is 8.78. The van der Waals surface area contributed by atoms with E-state index in [-0.39, 0.29) is 35.7 Å². The van der Waals surface area contributed by atoms with Crippen molar-refractivity contribution in [1.29, 1.82) is 0 Å². The molecule has 3 amide bonds. The molecule has 1 aromatic rings. The van der Waals surface area contributed by atoms with E-state index < -0.39 is 21.9 Å². The van der Waals surface area contributed by atoms with Crippen molar-refractivity contribution in [1.82, 2.24) is 24.7 Å². The molecule has 136 valence electrons. The van der Waals surface area contributed by atoms with Gasteiger partial charge < -0.3 is 14.7 Å². The molecule has 0 radical (unpaired) electrons. The number of amides is 3. The van der Waals surface area contributed by atoms with Gasteiger partial charge in [-0.25, -0.2) is 18.2 Å². The Balaban J connectivity index is 1.89. The van der Waals surface area contributed by atoms with Crippen LogP contribution in [0.25, 0.3) is 0 Å². The molecule has 9 nitrogen and oxygen atoms in total. The lowest BCUT2D eigenvalue weighted by molar-refractivity contribution is 0.0388. The maximum Gasteiger partial charge on any atom is 0.319 e. The number of nitrogens with zero attached hydrogens (tertiary/aromatic N) is 5. The van der Waals surface area contributed by atoms with Gasteiger partial charge in [0.15, 0.2) is 9.84 Å². The first-order valence-corrected chi connectivity index (χ1v) is 9.80. The highest BCUT2D eigenvalue weighted by atomic mass is 32.2. The van der Waals surface area contributed by atoms with E-state index in [4.69, 9.17) is 0 Å². The Bertz CT molecular complexity index is 793. The van der Waals surface area contributed by atoms with Crippen molar-refractivity contribution in [3.8, 4) is 0 Å². The first-order valence-electron chi connectivity index (χ1n) is 7.97. The van der Waals surface area contributed by atoms with Crippen LogP contribution in [0, 0.1) is 6.92 Å². The Morgan fingerprint density at radius 1 is 1.08 bits per heavy atom. The molecule has 1 aromatic heterocycles. The van der Waals surface area contributed by atoms with Gasteiger partial charge >= 0.3 is 6.03 Å². The van der Waals surface area contributed by atoms with E-state index in [1.165, 1.54) is 22.2 Å². The Morgan fingerprint density at radius 3 is 2.24 bits per heavy atom. The maximum absolute atomic E-state index is 12.8. The van der Waals surface area contributed by atoms with Crippen LogP contribution in [-0.2, 0) is 9.84 Å². The second kappa shape index (κ2) is 6.25. The third-order valence-corrected chi connectivity index (χ3v) is 6.26. The van der Waals surface area contributed by atoms with Gasteiger partial charge in [-0.2, -0.15) is 0 Å². The molecule has 2 saturated heterocycles.